The standard InChI is InChI=1S/C20H24F3N5OS.HI/c1-2-24-19(26-11-17-27-16(13-30-17)20(21,22)23)25-10-14-5-7-15(8-6-14)12-28-9-3-4-18(28)29;/h5-8,13H,2-4,9-12H2,1H3,(H2,24,25,26);1H. The highest BCUT2D eigenvalue weighted by molar-refractivity contribution is 14.0. The summed E-state index contributed by atoms with van der Waals surface area (Å²) in [6.07, 6.45) is -2.88. The monoisotopic (exact) mass is 567 g/mol. The number of aromatic nitrogens is 1. The summed E-state index contributed by atoms with van der Waals surface area (Å²) in [5, 5.41) is 7.44. The molecule has 1 amide bonds. The molecule has 2 aromatic rings. The van der Waals surface area contributed by atoms with E-state index in [1.165, 1.54) is 0 Å². The molecule has 1 aliphatic rings. The minimum absolute atomic E-state index is 0. The summed E-state index contributed by atoms with van der Waals surface area (Å²) in [7, 11) is 0. The summed E-state index contributed by atoms with van der Waals surface area (Å²) >= 11 is 0.961. The fourth-order valence-electron chi connectivity index (χ4n) is 3.04. The van der Waals surface area contributed by atoms with E-state index in [9.17, 15) is 18.0 Å². The molecule has 1 fully saturated rings. The maximum Gasteiger partial charge on any atom is 0.434 e. The number of halogens is 4. The number of rotatable bonds is 7. The number of guanidine groups is 1. The van der Waals surface area contributed by atoms with Crippen LogP contribution in [0.2, 0.25) is 0 Å². The third-order valence-electron chi connectivity index (χ3n) is 4.58. The number of aliphatic imine (C=N–C) groups is 1. The number of benzene rings is 1. The highest BCUT2D eigenvalue weighted by atomic mass is 127. The van der Waals surface area contributed by atoms with Crippen molar-refractivity contribution in [3.8, 4) is 0 Å². The minimum atomic E-state index is -4.43. The van der Waals surface area contributed by atoms with Crippen LogP contribution in [0.15, 0.2) is 34.6 Å². The number of hydrogen-bond donors (Lipinski definition) is 2. The Hall–Kier alpha value is -1.89. The van der Waals surface area contributed by atoms with E-state index in [2.05, 4.69) is 20.6 Å². The van der Waals surface area contributed by atoms with Gasteiger partial charge in [0.2, 0.25) is 5.91 Å². The highest BCUT2D eigenvalue weighted by Gasteiger charge is 2.33. The molecule has 1 saturated heterocycles. The number of carbonyl (C=O) groups excluding carboxylic acids is 1. The summed E-state index contributed by atoms with van der Waals surface area (Å²) in [5.41, 5.74) is 1.20. The predicted octanol–water partition coefficient (Wildman–Crippen LogP) is 4.16. The van der Waals surface area contributed by atoms with Crippen molar-refractivity contribution in [3.63, 3.8) is 0 Å². The molecule has 1 aliphatic heterocycles. The van der Waals surface area contributed by atoms with Crippen molar-refractivity contribution in [3.05, 3.63) is 51.5 Å². The second kappa shape index (κ2) is 11.7. The molecule has 0 aliphatic carbocycles. The van der Waals surface area contributed by atoms with Gasteiger partial charge in [0, 0.05) is 31.4 Å². The molecule has 0 unspecified atom stereocenters. The van der Waals surface area contributed by atoms with Crippen LogP contribution in [0.5, 0.6) is 0 Å². The smallest absolute Gasteiger partial charge is 0.357 e. The molecule has 0 bridgehead atoms. The molecule has 0 spiro atoms. The van der Waals surface area contributed by atoms with Crippen molar-refractivity contribution in [2.45, 2.75) is 45.6 Å². The Balaban J connectivity index is 0.00000341. The van der Waals surface area contributed by atoms with Gasteiger partial charge in [-0.05, 0) is 24.5 Å². The molecule has 170 valence electrons. The van der Waals surface area contributed by atoms with Crippen LogP contribution >= 0.6 is 35.3 Å². The lowest BCUT2D eigenvalue weighted by Gasteiger charge is -2.15. The van der Waals surface area contributed by atoms with Crippen LogP contribution in [0.4, 0.5) is 13.2 Å². The number of nitrogens with zero attached hydrogens (tertiary/aromatic N) is 3. The zero-order chi connectivity index (χ0) is 21.6. The number of alkyl halides is 3. The maximum atomic E-state index is 12.7. The molecular formula is C20H25F3IN5OS. The van der Waals surface area contributed by atoms with E-state index < -0.39 is 11.9 Å². The van der Waals surface area contributed by atoms with E-state index in [4.69, 9.17) is 0 Å². The maximum absolute atomic E-state index is 12.7. The van der Waals surface area contributed by atoms with Gasteiger partial charge >= 0.3 is 6.18 Å². The second-order valence-electron chi connectivity index (χ2n) is 6.91. The molecule has 0 atom stereocenters. The first kappa shape index (κ1) is 25.4. The molecule has 1 aromatic heterocycles. The molecule has 0 radical (unpaired) electrons. The molecular weight excluding hydrogens is 542 g/mol. The van der Waals surface area contributed by atoms with Crippen molar-refractivity contribution in [1.82, 2.24) is 20.5 Å². The average Bonchev–Trinajstić information content (AvgIpc) is 3.34. The van der Waals surface area contributed by atoms with E-state index in [-0.39, 0.29) is 36.4 Å². The Labute approximate surface area is 200 Å². The lowest BCUT2D eigenvalue weighted by atomic mass is 10.1. The number of nitrogens with one attached hydrogen (secondary N) is 2. The van der Waals surface area contributed by atoms with Gasteiger partial charge in [0.25, 0.3) is 0 Å². The Morgan fingerprint density at radius 3 is 2.52 bits per heavy atom. The number of thiazole rings is 1. The fourth-order valence-corrected chi connectivity index (χ4v) is 3.78. The SMILES string of the molecule is CCNC(=NCc1ccc(CN2CCCC2=O)cc1)NCc1nc(C(F)(F)F)cs1.I. The Bertz CT molecular complexity index is 886. The fraction of sp³-hybridized carbons (Fsp3) is 0.450. The molecule has 3 rings (SSSR count). The van der Waals surface area contributed by atoms with Gasteiger partial charge in [-0.25, -0.2) is 9.98 Å². The van der Waals surface area contributed by atoms with Crippen molar-refractivity contribution in [2.75, 3.05) is 13.1 Å². The van der Waals surface area contributed by atoms with Gasteiger partial charge in [-0.15, -0.1) is 35.3 Å². The number of likely N-dealkylation sites (tertiary alicyclic amines) is 1. The van der Waals surface area contributed by atoms with E-state index in [1.807, 2.05) is 36.1 Å². The van der Waals surface area contributed by atoms with Crippen LogP contribution in [0.1, 0.15) is 41.6 Å². The van der Waals surface area contributed by atoms with Crippen LogP contribution < -0.4 is 10.6 Å². The summed E-state index contributed by atoms with van der Waals surface area (Å²) in [4.78, 5) is 21.7. The van der Waals surface area contributed by atoms with Gasteiger partial charge in [0.15, 0.2) is 11.7 Å². The van der Waals surface area contributed by atoms with E-state index in [0.29, 0.717) is 37.0 Å². The number of hydrogen-bond acceptors (Lipinski definition) is 4. The van der Waals surface area contributed by atoms with Crippen molar-refractivity contribution in [1.29, 1.82) is 0 Å². The number of amides is 1. The predicted molar refractivity (Wildman–Crippen MR) is 125 cm³/mol. The summed E-state index contributed by atoms with van der Waals surface area (Å²) in [5.74, 6) is 0.709. The van der Waals surface area contributed by atoms with Gasteiger partial charge in [-0.3, -0.25) is 4.79 Å². The van der Waals surface area contributed by atoms with Gasteiger partial charge in [-0.2, -0.15) is 13.2 Å². The Kier molecular flexibility index (Phi) is 9.54. The Morgan fingerprint density at radius 1 is 1.23 bits per heavy atom. The zero-order valence-corrected chi connectivity index (χ0v) is 20.2. The lowest BCUT2D eigenvalue weighted by molar-refractivity contribution is -0.140. The summed E-state index contributed by atoms with van der Waals surface area (Å²) < 4.78 is 38.0. The lowest BCUT2D eigenvalue weighted by Crippen LogP contribution is -2.36. The first-order chi connectivity index (χ1) is 14.3. The van der Waals surface area contributed by atoms with E-state index in [0.717, 1.165) is 40.8 Å². The summed E-state index contributed by atoms with van der Waals surface area (Å²) in [6.45, 7) is 4.56. The molecule has 11 heteroatoms. The van der Waals surface area contributed by atoms with Gasteiger partial charge in [-0.1, -0.05) is 24.3 Å². The average molecular weight is 567 g/mol. The largest absolute Gasteiger partial charge is 0.434 e. The van der Waals surface area contributed by atoms with Crippen molar-refractivity contribution < 1.29 is 18.0 Å². The third-order valence-corrected chi connectivity index (χ3v) is 5.43. The first-order valence-corrected chi connectivity index (χ1v) is 10.6. The molecule has 2 N–H and O–H groups in total. The first-order valence-electron chi connectivity index (χ1n) is 9.74. The topological polar surface area (TPSA) is 69.6 Å². The van der Waals surface area contributed by atoms with Crippen LogP contribution in [0.3, 0.4) is 0 Å². The second-order valence-corrected chi connectivity index (χ2v) is 7.85. The molecule has 0 saturated carbocycles. The normalized spacial score (nSPS) is 14.5. The molecule has 31 heavy (non-hydrogen) atoms. The molecule has 1 aromatic carbocycles. The van der Waals surface area contributed by atoms with Crippen LogP contribution in [0.25, 0.3) is 0 Å². The third kappa shape index (κ3) is 7.63. The number of carbonyl (C=O) groups is 1. The quantitative estimate of drug-likeness (QED) is 0.300. The van der Waals surface area contributed by atoms with Gasteiger partial charge in [0.05, 0.1) is 13.1 Å². The van der Waals surface area contributed by atoms with E-state index in [1.54, 1.807) is 0 Å². The van der Waals surface area contributed by atoms with Crippen molar-refractivity contribution >= 4 is 47.2 Å². The van der Waals surface area contributed by atoms with Crippen LogP contribution in [-0.2, 0) is 30.6 Å². The minimum Gasteiger partial charge on any atom is -0.357 e. The molecule has 6 nitrogen and oxygen atoms in total. The van der Waals surface area contributed by atoms with Crippen LogP contribution in [-0.4, -0.2) is 34.8 Å². The molecule has 2 heterocycles. The summed E-state index contributed by atoms with van der Waals surface area (Å²) in [6, 6.07) is 7.93. The van der Waals surface area contributed by atoms with Crippen molar-refractivity contribution in [2.24, 2.45) is 4.99 Å². The van der Waals surface area contributed by atoms with Crippen LogP contribution in [0, 0.1) is 0 Å². The Morgan fingerprint density at radius 2 is 1.94 bits per heavy atom. The van der Waals surface area contributed by atoms with Gasteiger partial charge in [0.1, 0.15) is 5.01 Å². The van der Waals surface area contributed by atoms with E-state index >= 15 is 0 Å². The zero-order valence-electron chi connectivity index (χ0n) is 17.0. The van der Waals surface area contributed by atoms with Gasteiger partial charge < -0.3 is 15.5 Å². The highest BCUT2D eigenvalue weighted by Crippen LogP contribution is 2.29.